The first-order valence-electron chi connectivity index (χ1n) is 6.97. The van der Waals surface area contributed by atoms with E-state index in [0.29, 0.717) is 0 Å². The second-order valence-electron chi connectivity index (χ2n) is 4.83. The summed E-state index contributed by atoms with van der Waals surface area (Å²) >= 11 is 0. The van der Waals surface area contributed by atoms with Crippen molar-refractivity contribution >= 4 is 11.4 Å². The lowest BCUT2D eigenvalue weighted by atomic mass is 10.1. The summed E-state index contributed by atoms with van der Waals surface area (Å²) in [5.41, 5.74) is 9.24. The van der Waals surface area contributed by atoms with E-state index in [1.165, 1.54) is 5.56 Å². The molecule has 0 unspecified atom stereocenters. The van der Waals surface area contributed by atoms with Gasteiger partial charge in [-0.3, -0.25) is 0 Å². The maximum absolute atomic E-state index is 6.13. The lowest BCUT2D eigenvalue weighted by Gasteiger charge is -2.26. The number of methoxy groups -OCH3 is 1. The Morgan fingerprint density at radius 3 is 2.50 bits per heavy atom. The molecule has 0 fully saturated rings. The van der Waals surface area contributed by atoms with Gasteiger partial charge in [-0.25, -0.2) is 0 Å². The number of ether oxygens (including phenoxy) is 1. The predicted octanol–water partition coefficient (Wildman–Crippen LogP) is 3.69. The molecule has 0 radical (unpaired) electrons. The van der Waals surface area contributed by atoms with E-state index < -0.39 is 0 Å². The summed E-state index contributed by atoms with van der Waals surface area (Å²) in [6.07, 6.45) is 1.07. The number of nitrogen functional groups attached to an aromatic ring is 1. The van der Waals surface area contributed by atoms with Crippen LogP contribution in [0.15, 0.2) is 48.5 Å². The first-order chi connectivity index (χ1) is 9.74. The summed E-state index contributed by atoms with van der Waals surface area (Å²) in [6, 6.07) is 16.2. The third-order valence-electron chi connectivity index (χ3n) is 3.29. The van der Waals surface area contributed by atoms with E-state index in [9.17, 15) is 0 Å². The van der Waals surface area contributed by atoms with Crippen LogP contribution in [0.3, 0.4) is 0 Å². The Labute approximate surface area is 121 Å². The van der Waals surface area contributed by atoms with Gasteiger partial charge >= 0.3 is 0 Å². The molecule has 3 nitrogen and oxygen atoms in total. The molecule has 106 valence electrons. The molecule has 0 aliphatic carbocycles. The molecule has 0 spiro atoms. The molecule has 0 aliphatic heterocycles. The molecule has 0 heterocycles. The van der Waals surface area contributed by atoms with Crippen LogP contribution < -0.4 is 15.4 Å². The van der Waals surface area contributed by atoms with Gasteiger partial charge in [0, 0.05) is 19.2 Å². The van der Waals surface area contributed by atoms with Crippen LogP contribution in [0.5, 0.6) is 5.75 Å². The molecule has 2 rings (SSSR count). The Morgan fingerprint density at radius 2 is 1.85 bits per heavy atom. The molecule has 0 bridgehead atoms. The molecular weight excluding hydrogens is 248 g/mol. The molecule has 2 aromatic rings. The largest absolute Gasteiger partial charge is 0.497 e. The van der Waals surface area contributed by atoms with Gasteiger partial charge in [-0.05, 0) is 24.1 Å². The Bertz CT molecular complexity index is 540. The number of nitrogens with zero attached hydrogens (tertiary/aromatic N) is 1. The van der Waals surface area contributed by atoms with Crippen molar-refractivity contribution in [3.05, 3.63) is 54.1 Å². The normalized spacial score (nSPS) is 10.3. The molecule has 0 saturated heterocycles. The molecule has 0 atom stereocenters. The van der Waals surface area contributed by atoms with E-state index >= 15 is 0 Å². The van der Waals surface area contributed by atoms with Crippen molar-refractivity contribution in [2.24, 2.45) is 0 Å². The van der Waals surface area contributed by atoms with Crippen molar-refractivity contribution in [1.82, 2.24) is 0 Å². The molecule has 0 aliphatic rings. The Kier molecular flexibility index (Phi) is 4.88. The smallest absolute Gasteiger partial charge is 0.121 e. The molecule has 0 amide bonds. The van der Waals surface area contributed by atoms with Crippen molar-refractivity contribution in [1.29, 1.82) is 0 Å². The molecule has 2 N–H and O–H groups in total. The van der Waals surface area contributed by atoms with Gasteiger partial charge in [0.1, 0.15) is 5.75 Å². The zero-order valence-electron chi connectivity index (χ0n) is 12.2. The van der Waals surface area contributed by atoms with Crippen molar-refractivity contribution in [3.63, 3.8) is 0 Å². The molecule has 20 heavy (non-hydrogen) atoms. The van der Waals surface area contributed by atoms with Crippen LogP contribution in [0.2, 0.25) is 0 Å². The SMILES string of the molecule is CCCN(Cc1ccccc1)c1cc(OC)ccc1N. The van der Waals surface area contributed by atoms with Crippen LogP contribution in [0.25, 0.3) is 0 Å². The van der Waals surface area contributed by atoms with Gasteiger partial charge in [-0.15, -0.1) is 0 Å². The van der Waals surface area contributed by atoms with E-state index in [1.807, 2.05) is 24.3 Å². The molecule has 2 aromatic carbocycles. The summed E-state index contributed by atoms with van der Waals surface area (Å²) in [7, 11) is 1.68. The number of benzene rings is 2. The quantitative estimate of drug-likeness (QED) is 0.813. The maximum atomic E-state index is 6.13. The minimum absolute atomic E-state index is 0.787. The van der Waals surface area contributed by atoms with E-state index in [-0.39, 0.29) is 0 Å². The van der Waals surface area contributed by atoms with Gasteiger partial charge in [0.25, 0.3) is 0 Å². The zero-order valence-corrected chi connectivity index (χ0v) is 12.2. The van der Waals surface area contributed by atoms with Crippen LogP contribution in [-0.4, -0.2) is 13.7 Å². The second kappa shape index (κ2) is 6.85. The third kappa shape index (κ3) is 3.44. The summed E-state index contributed by atoms with van der Waals surface area (Å²) in [5, 5.41) is 0. The van der Waals surface area contributed by atoms with Crippen molar-refractivity contribution in [3.8, 4) is 5.75 Å². The summed E-state index contributed by atoms with van der Waals surface area (Å²) < 4.78 is 5.31. The fourth-order valence-electron chi connectivity index (χ4n) is 2.28. The summed E-state index contributed by atoms with van der Waals surface area (Å²) in [5.74, 6) is 0.836. The van der Waals surface area contributed by atoms with Gasteiger partial charge in [0.2, 0.25) is 0 Å². The monoisotopic (exact) mass is 270 g/mol. The first-order valence-corrected chi connectivity index (χ1v) is 6.97. The number of hydrogen-bond acceptors (Lipinski definition) is 3. The Balaban J connectivity index is 2.28. The van der Waals surface area contributed by atoms with Crippen LogP contribution in [0, 0.1) is 0 Å². The van der Waals surface area contributed by atoms with Crippen LogP contribution in [-0.2, 0) is 6.54 Å². The molecular formula is C17H22N2O. The third-order valence-corrected chi connectivity index (χ3v) is 3.29. The Morgan fingerprint density at radius 1 is 1.10 bits per heavy atom. The van der Waals surface area contributed by atoms with E-state index in [1.54, 1.807) is 7.11 Å². The Hall–Kier alpha value is -2.16. The van der Waals surface area contributed by atoms with Crippen LogP contribution in [0.4, 0.5) is 11.4 Å². The molecule has 3 heteroatoms. The molecule has 0 aromatic heterocycles. The number of hydrogen-bond donors (Lipinski definition) is 1. The minimum atomic E-state index is 0.787. The lowest BCUT2D eigenvalue weighted by Crippen LogP contribution is -2.24. The van der Waals surface area contributed by atoms with Crippen LogP contribution in [0.1, 0.15) is 18.9 Å². The zero-order chi connectivity index (χ0) is 14.4. The average molecular weight is 270 g/mol. The average Bonchev–Trinajstić information content (AvgIpc) is 2.48. The summed E-state index contributed by atoms with van der Waals surface area (Å²) in [4.78, 5) is 2.30. The fourth-order valence-corrected chi connectivity index (χ4v) is 2.28. The van der Waals surface area contributed by atoms with Crippen molar-refractivity contribution in [2.75, 3.05) is 24.3 Å². The summed E-state index contributed by atoms with van der Waals surface area (Å²) in [6.45, 7) is 3.99. The number of anilines is 2. The van der Waals surface area contributed by atoms with Crippen molar-refractivity contribution < 1.29 is 4.74 Å². The van der Waals surface area contributed by atoms with Crippen LogP contribution >= 0.6 is 0 Å². The highest BCUT2D eigenvalue weighted by Crippen LogP contribution is 2.29. The van der Waals surface area contributed by atoms with Gasteiger partial charge in [-0.2, -0.15) is 0 Å². The van der Waals surface area contributed by atoms with Gasteiger partial charge < -0.3 is 15.4 Å². The fraction of sp³-hybridized carbons (Fsp3) is 0.294. The van der Waals surface area contributed by atoms with E-state index in [2.05, 4.69) is 36.1 Å². The maximum Gasteiger partial charge on any atom is 0.121 e. The molecule has 0 saturated carbocycles. The first kappa shape index (κ1) is 14.3. The van der Waals surface area contributed by atoms with E-state index in [0.717, 1.165) is 36.6 Å². The predicted molar refractivity (Wildman–Crippen MR) is 85.2 cm³/mol. The highest BCUT2D eigenvalue weighted by molar-refractivity contribution is 5.69. The topological polar surface area (TPSA) is 38.5 Å². The van der Waals surface area contributed by atoms with Crippen molar-refractivity contribution in [2.45, 2.75) is 19.9 Å². The lowest BCUT2D eigenvalue weighted by molar-refractivity contribution is 0.415. The highest BCUT2D eigenvalue weighted by Gasteiger charge is 2.11. The standard InChI is InChI=1S/C17H22N2O/c1-3-11-19(13-14-7-5-4-6-8-14)17-12-15(20-2)9-10-16(17)18/h4-10,12H,3,11,13,18H2,1-2H3. The highest BCUT2D eigenvalue weighted by atomic mass is 16.5. The van der Waals surface area contributed by atoms with Gasteiger partial charge in [-0.1, -0.05) is 37.3 Å². The van der Waals surface area contributed by atoms with Gasteiger partial charge in [0.05, 0.1) is 18.5 Å². The second-order valence-corrected chi connectivity index (χ2v) is 4.83. The van der Waals surface area contributed by atoms with E-state index in [4.69, 9.17) is 10.5 Å². The minimum Gasteiger partial charge on any atom is -0.497 e. The number of rotatable bonds is 6. The van der Waals surface area contributed by atoms with Gasteiger partial charge in [0.15, 0.2) is 0 Å². The number of nitrogens with two attached hydrogens (primary N) is 1.